The van der Waals surface area contributed by atoms with Crippen LogP contribution in [0.1, 0.15) is 50.3 Å². The van der Waals surface area contributed by atoms with Crippen molar-refractivity contribution in [2.75, 3.05) is 19.6 Å². The van der Waals surface area contributed by atoms with E-state index in [1.165, 1.54) is 12.1 Å². The van der Waals surface area contributed by atoms with E-state index in [4.69, 9.17) is 4.74 Å². The van der Waals surface area contributed by atoms with Gasteiger partial charge in [0.15, 0.2) is 0 Å². The molecule has 182 valence electrons. The van der Waals surface area contributed by atoms with Gasteiger partial charge in [-0.1, -0.05) is 36.4 Å². The second-order valence-electron chi connectivity index (χ2n) is 10.3. The van der Waals surface area contributed by atoms with Crippen molar-refractivity contribution in [2.24, 2.45) is 0 Å². The molecule has 4 rings (SSSR count). The summed E-state index contributed by atoms with van der Waals surface area (Å²) < 4.78 is 19.2. The lowest BCUT2D eigenvalue weighted by Crippen LogP contribution is -2.50. The highest BCUT2D eigenvalue weighted by Gasteiger charge is 2.38. The summed E-state index contributed by atoms with van der Waals surface area (Å²) in [5.41, 5.74) is 1.99. The van der Waals surface area contributed by atoms with Crippen LogP contribution in [0.2, 0.25) is 0 Å². The number of rotatable bonds is 5. The molecule has 0 atom stereocenters. The van der Waals surface area contributed by atoms with E-state index in [1.54, 1.807) is 4.90 Å². The Morgan fingerprint density at radius 2 is 1.80 bits per heavy atom. The lowest BCUT2D eigenvalue weighted by molar-refractivity contribution is 0.0163. The Bertz CT molecular complexity index is 1230. The molecule has 1 N–H and O–H groups in total. The average molecular weight is 474 g/mol. The van der Waals surface area contributed by atoms with Gasteiger partial charge in [0.05, 0.1) is 11.6 Å². The van der Waals surface area contributed by atoms with Crippen LogP contribution in [0.4, 0.5) is 9.18 Å². The largest absolute Gasteiger partial charge is 0.444 e. The molecule has 1 heterocycles. The molecule has 1 fully saturated rings. The second kappa shape index (κ2) is 10.1. The molecule has 0 aromatic heterocycles. The maximum Gasteiger partial charge on any atom is 0.410 e. The summed E-state index contributed by atoms with van der Waals surface area (Å²) in [5.74, 6) is -0.261. The minimum absolute atomic E-state index is 0.241. The van der Waals surface area contributed by atoms with Crippen LogP contribution in [0, 0.1) is 17.1 Å². The van der Waals surface area contributed by atoms with E-state index in [0.717, 1.165) is 34.7 Å². The van der Waals surface area contributed by atoms with Gasteiger partial charge in [0.2, 0.25) is 0 Å². The maximum absolute atomic E-state index is 13.7. The number of piperidine rings is 1. The van der Waals surface area contributed by atoms with Crippen molar-refractivity contribution >= 4 is 16.9 Å². The number of carbonyl (C=O) groups excluding carboxylic acids is 1. The van der Waals surface area contributed by atoms with Crippen LogP contribution in [0.25, 0.3) is 10.8 Å². The van der Waals surface area contributed by atoms with Gasteiger partial charge in [0.25, 0.3) is 0 Å². The minimum atomic E-state index is -0.537. The summed E-state index contributed by atoms with van der Waals surface area (Å²) in [5, 5.41) is 15.2. The van der Waals surface area contributed by atoms with Crippen LogP contribution in [0.15, 0.2) is 60.7 Å². The summed E-state index contributed by atoms with van der Waals surface area (Å²) in [6.07, 6.45) is 1.19. The third kappa shape index (κ3) is 5.80. The van der Waals surface area contributed by atoms with Gasteiger partial charge in [0, 0.05) is 31.6 Å². The van der Waals surface area contributed by atoms with Crippen molar-refractivity contribution in [2.45, 2.75) is 51.2 Å². The first-order valence-electron chi connectivity index (χ1n) is 12.1. The van der Waals surface area contributed by atoms with Crippen molar-refractivity contribution in [1.29, 1.82) is 5.26 Å². The van der Waals surface area contributed by atoms with Crippen LogP contribution in [-0.4, -0.2) is 36.2 Å². The molecule has 35 heavy (non-hydrogen) atoms. The van der Waals surface area contributed by atoms with E-state index >= 15 is 0 Å². The van der Waals surface area contributed by atoms with Crippen LogP contribution >= 0.6 is 0 Å². The summed E-state index contributed by atoms with van der Waals surface area (Å²) in [7, 11) is 0. The molecule has 5 nitrogen and oxygen atoms in total. The van der Waals surface area contributed by atoms with Gasteiger partial charge >= 0.3 is 6.09 Å². The Kier molecular flexibility index (Phi) is 7.09. The smallest absolute Gasteiger partial charge is 0.410 e. The molecule has 3 aromatic carbocycles. The number of nitrogens with zero attached hydrogens (tertiary/aromatic N) is 2. The standard InChI is InChI=1S/C29H32FN3O2/c1-28(2,3)35-27(34)33-14-12-29(13-15-33,24-8-10-25(30)11-9-24)20-32-19-23-17-21(18-31)16-22-6-4-5-7-26(22)23/h4-11,16-17,32H,12-15,19-20H2,1-3H3. The van der Waals surface area contributed by atoms with E-state index in [-0.39, 0.29) is 17.3 Å². The zero-order valence-electron chi connectivity index (χ0n) is 20.6. The van der Waals surface area contributed by atoms with E-state index in [1.807, 2.05) is 63.2 Å². The van der Waals surface area contributed by atoms with Gasteiger partial charge in [0.1, 0.15) is 11.4 Å². The van der Waals surface area contributed by atoms with E-state index in [0.29, 0.717) is 31.7 Å². The molecule has 6 heteroatoms. The lowest BCUT2D eigenvalue weighted by atomic mass is 9.72. The Morgan fingerprint density at radius 1 is 1.11 bits per heavy atom. The van der Waals surface area contributed by atoms with Crippen molar-refractivity contribution in [3.05, 3.63) is 83.2 Å². The maximum atomic E-state index is 13.7. The second-order valence-corrected chi connectivity index (χ2v) is 10.3. The molecular weight excluding hydrogens is 441 g/mol. The molecule has 1 saturated heterocycles. The van der Waals surface area contributed by atoms with E-state index < -0.39 is 5.60 Å². The quantitative estimate of drug-likeness (QED) is 0.500. The van der Waals surface area contributed by atoms with Gasteiger partial charge in [-0.25, -0.2) is 9.18 Å². The zero-order chi connectivity index (χ0) is 25.1. The molecule has 0 spiro atoms. The fraction of sp³-hybridized carbons (Fsp3) is 0.379. The van der Waals surface area contributed by atoms with Crippen LogP contribution < -0.4 is 5.32 Å². The molecule has 1 aliphatic rings. The van der Waals surface area contributed by atoms with Gasteiger partial charge in [-0.15, -0.1) is 0 Å². The molecule has 0 aliphatic carbocycles. The number of ether oxygens (including phenoxy) is 1. The normalized spacial score (nSPS) is 15.6. The molecule has 0 unspecified atom stereocenters. The third-order valence-corrected chi connectivity index (χ3v) is 6.68. The van der Waals surface area contributed by atoms with Crippen molar-refractivity contribution < 1.29 is 13.9 Å². The number of nitriles is 1. The van der Waals surface area contributed by atoms with Gasteiger partial charge < -0.3 is 15.0 Å². The minimum Gasteiger partial charge on any atom is -0.444 e. The number of nitrogens with one attached hydrogen (secondary N) is 1. The SMILES string of the molecule is CC(C)(C)OC(=O)N1CCC(CNCc2cc(C#N)cc3ccccc23)(c2ccc(F)cc2)CC1. The van der Waals surface area contributed by atoms with E-state index in [9.17, 15) is 14.4 Å². The number of hydrogen-bond donors (Lipinski definition) is 1. The molecule has 3 aromatic rings. The molecule has 1 amide bonds. The van der Waals surface area contributed by atoms with E-state index in [2.05, 4.69) is 17.5 Å². The Labute approximate surface area is 206 Å². The van der Waals surface area contributed by atoms with Crippen molar-refractivity contribution in [1.82, 2.24) is 10.2 Å². The topological polar surface area (TPSA) is 65.4 Å². The first kappa shape index (κ1) is 24.7. The highest BCUT2D eigenvalue weighted by molar-refractivity contribution is 5.87. The van der Waals surface area contributed by atoms with Crippen molar-refractivity contribution in [3.63, 3.8) is 0 Å². The number of hydrogen-bond acceptors (Lipinski definition) is 4. The first-order chi connectivity index (χ1) is 16.7. The number of halogens is 1. The summed E-state index contributed by atoms with van der Waals surface area (Å²) >= 11 is 0. The van der Waals surface area contributed by atoms with Crippen molar-refractivity contribution in [3.8, 4) is 6.07 Å². The van der Waals surface area contributed by atoms with Gasteiger partial charge in [-0.2, -0.15) is 5.26 Å². The fourth-order valence-electron chi connectivity index (χ4n) is 4.85. The number of benzene rings is 3. The first-order valence-corrected chi connectivity index (χ1v) is 12.1. The Morgan fingerprint density at radius 3 is 2.46 bits per heavy atom. The monoisotopic (exact) mass is 473 g/mol. The molecule has 1 aliphatic heterocycles. The fourth-order valence-corrected chi connectivity index (χ4v) is 4.85. The average Bonchev–Trinajstić information content (AvgIpc) is 2.83. The lowest BCUT2D eigenvalue weighted by Gasteiger charge is -2.42. The van der Waals surface area contributed by atoms with Crippen LogP contribution in [0.5, 0.6) is 0 Å². The number of carbonyl (C=O) groups is 1. The molecule has 0 saturated carbocycles. The van der Waals surface area contributed by atoms with Gasteiger partial charge in [-0.05, 0) is 79.8 Å². The van der Waals surface area contributed by atoms with Crippen LogP contribution in [-0.2, 0) is 16.7 Å². The van der Waals surface area contributed by atoms with Gasteiger partial charge in [-0.3, -0.25) is 0 Å². The Balaban J connectivity index is 1.52. The summed E-state index contributed by atoms with van der Waals surface area (Å²) in [6.45, 7) is 8.02. The molecule has 0 bridgehead atoms. The number of fused-ring (bicyclic) bond motifs is 1. The molecular formula is C29H32FN3O2. The number of amides is 1. The van der Waals surface area contributed by atoms with Crippen LogP contribution in [0.3, 0.4) is 0 Å². The zero-order valence-corrected chi connectivity index (χ0v) is 20.6. The summed E-state index contributed by atoms with van der Waals surface area (Å²) in [6, 6.07) is 20.9. The number of likely N-dealkylation sites (tertiary alicyclic amines) is 1. The third-order valence-electron chi connectivity index (χ3n) is 6.68. The predicted molar refractivity (Wildman–Crippen MR) is 135 cm³/mol. The highest BCUT2D eigenvalue weighted by Crippen LogP contribution is 2.36. The summed E-state index contributed by atoms with van der Waals surface area (Å²) in [4.78, 5) is 14.4. The molecule has 0 radical (unpaired) electrons. The Hall–Kier alpha value is -3.43. The highest BCUT2D eigenvalue weighted by atomic mass is 19.1. The predicted octanol–water partition coefficient (Wildman–Crippen LogP) is 5.91.